The molecule has 0 aromatic heterocycles. The van der Waals surface area contributed by atoms with Crippen LogP contribution < -0.4 is 15.4 Å². The van der Waals surface area contributed by atoms with E-state index >= 15 is 0 Å². The van der Waals surface area contributed by atoms with Crippen LogP contribution in [0.1, 0.15) is 30.1 Å². The number of nitrogens with one attached hydrogen (secondary N) is 2. The van der Waals surface area contributed by atoms with E-state index in [9.17, 15) is 19.7 Å². The van der Waals surface area contributed by atoms with Crippen molar-refractivity contribution in [2.24, 2.45) is 0 Å². The molecule has 0 spiro atoms. The van der Waals surface area contributed by atoms with Gasteiger partial charge < -0.3 is 20.1 Å². The number of carbonyl (C=O) groups excluding carboxylic acids is 2. The van der Waals surface area contributed by atoms with Gasteiger partial charge in [0.15, 0.2) is 6.10 Å². The number of esters is 1. The normalized spacial score (nSPS) is 13.9. The van der Waals surface area contributed by atoms with Gasteiger partial charge in [-0.3, -0.25) is 14.9 Å². The number of ether oxygens (including phenoxy) is 2. The van der Waals surface area contributed by atoms with Crippen LogP contribution in [0.4, 0.5) is 17.1 Å². The molecule has 0 radical (unpaired) electrons. The summed E-state index contributed by atoms with van der Waals surface area (Å²) in [4.78, 5) is 35.5. The summed E-state index contributed by atoms with van der Waals surface area (Å²) in [6.45, 7) is 1.42. The number of rotatable bonds is 8. The minimum absolute atomic E-state index is 0.00464. The second-order valence-corrected chi connectivity index (χ2v) is 6.64. The Balaban J connectivity index is 1.67. The van der Waals surface area contributed by atoms with Crippen molar-refractivity contribution in [1.29, 1.82) is 0 Å². The predicted molar refractivity (Wildman–Crippen MR) is 106 cm³/mol. The maximum atomic E-state index is 12.4. The van der Waals surface area contributed by atoms with E-state index in [4.69, 9.17) is 9.47 Å². The number of nitro benzene ring substituents is 1. The van der Waals surface area contributed by atoms with Gasteiger partial charge in [0.25, 0.3) is 11.6 Å². The van der Waals surface area contributed by atoms with E-state index in [1.807, 2.05) is 0 Å². The molecule has 0 saturated heterocycles. The first-order valence-electron chi connectivity index (χ1n) is 9.09. The van der Waals surface area contributed by atoms with Crippen LogP contribution in [0.3, 0.4) is 0 Å². The molecule has 0 unspecified atom stereocenters. The molecule has 29 heavy (non-hydrogen) atoms. The monoisotopic (exact) mass is 399 g/mol. The maximum Gasteiger partial charge on any atom is 0.339 e. The van der Waals surface area contributed by atoms with E-state index < -0.39 is 22.9 Å². The lowest BCUT2D eigenvalue weighted by atomic mass is 10.1. The highest BCUT2D eigenvalue weighted by Crippen LogP contribution is 2.31. The zero-order chi connectivity index (χ0) is 21.0. The fraction of sp³-hybridized carbons (Fsp3) is 0.300. The lowest BCUT2D eigenvalue weighted by Gasteiger charge is -2.15. The van der Waals surface area contributed by atoms with E-state index in [1.165, 1.54) is 26.2 Å². The zero-order valence-corrected chi connectivity index (χ0v) is 16.0. The number of para-hydroxylation sites is 2. The van der Waals surface area contributed by atoms with Gasteiger partial charge in [-0.25, -0.2) is 4.79 Å². The number of methoxy groups -OCH3 is 1. The average Bonchev–Trinajstić information content (AvgIpc) is 3.52. The van der Waals surface area contributed by atoms with E-state index in [1.54, 1.807) is 24.3 Å². The number of hydrogen-bond acceptors (Lipinski definition) is 7. The molecule has 152 valence electrons. The summed E-state index contributed by atoms with van der Waals surface area (Å²) in [7, 11) is 1.48. The summed E-state index contributed by atoms with van der Waals surface area (Å²) in [6, 6.07) is 11.1. The van der Waals surface area contributed by atoms with Gasteiger partial charge in [-0.15, -0.1) is 0 Å². The molecular weight excluding hydrogens is 378 g/mol. The summed E-state index contributed by atoms with van der Waals surface area (Å²) < 4.78 is 10.3. The molecule has 1 saturated carbocycles. The van der Waals surface area contributed by atoms with Crippen molar-refractivity contribution in [1.82, 2.24) is 0 Å². The van der Waals surface area contributed by atoms with Crippen LogP contribution in [0.5, 0.6) is 5.75 Å². The molecule has 1 aliphatic rings. The summed E-state index contributed by atoms with van der Waals surface area (Å²) in [6.07, 6.45) is 0.801. The standard InChI is InChI=1S/C20H21N3O6/c1-12(19(24)22-16-5-3-4-6-18(16)28-2)29-20(25)13-7-10-15(21-14-8-9-14)17(11-13)23(26)27/h3-7,10-12,14,21H,8-9H2,1-2H3,(H,22,24)/t12-/m0/s1. The third-order valence-electron chi connectivity index (χ3n) is 4.38. The Kier molecular flexibility index (Phi) is 5.96. The van der Waals surface area contributed by atoms with Crippen LogP contribution in [0.2, 0.25) is 0 Å². The number of benzene rings is 2. The Bertz CT molecular complexity index is 942. The van der Waals surface area contributed by atoms with Gasteiger partial charge in [-0.05, 0) is 44.0 Å². The Morgan fingerprint density at radius 3 is 2.55 bits per heavy atom. The van der Waals surface area contributed by atoms with E-state index in [2.05, 4.69) is 10.6 Å². The quantitative estimate of drug-likeness (QED) is 0.397. The molecule has 0 aliphatic heterocycles. The molecule has 0 heterocycles. The highest BCUT2D eigenvalue weighted by atomic mass is 16.6. The fourth-order valence-electron chi connectivity index (χ4n) is 2.64. The fourth-order valence-corrected chi connectivity index (χ4v) is 2.64. The maximum absolute atomic E-state index is 12.4. The Labute approximate surface area is 167 Å². The molecule has 2 aromatic rings. The predicted octanol–water partition coefficient (Wildman–Crippen LogP) is 3.36. The number of hydrogen-bond donors (Lipinski definition) is 2. The van der Waals surface area contributed by atoms with Crippen molar-refractivity contribution in [2.75, 3.05) is 17.7 Å². The van der Waals surface area contributed by atoms with Gasteiger partial charge in [0, 0.05) is 12.1 Å². The molecule has 1 aliphatic carbocycles. The molecule has 3 rings (SSSR count). The van der Waals surface area contributed by atoms with Crippen molar-refractivity contribution < 1.29 is 24.0 Å². The summed E-state index contributed by atoms with van der Waals surface area (Å²) in [5, 5.41) is 17.0. The van der Waals surface area contributed by atoms with Crippen molar-refractivity contribution in [3.05, 3.63) is 58.1 Å². The van der Waals surface area contributed by atoms with Gasteiger partial charge in [-0.1, -0.05) is 12.1 Å². The number of nitrogens with zero attached hydrogens (tertiary/aromatic N) is 1. The lowest BCUT2D eigenvalue weighted by molar-refractivity contribution is -0.384. The lowest BCUT2D eigenvalue weighted by Crippen LogP contribution is -2.30. The van der Waals surface area contributed by atoms with Crippen LogP contribution in [-0.2, 0) is 9.53 Å². The van der Waals surface area contributed by atoms with Gasteiger partial charge in [0.2, 0.25) is 0 Å². The van der Waals surface area contributed by atoms with E-state index in [0.717, 1.165) is 18.9 Å². The molecule has 1 atom stereocenters. The smallest absolute Gasteiger partial charge is 0.339 e. The molecule has 9 nitrogen and oxygen atoms in total. The van der Waals surface area contributed by atoms with Crippen LogP contribution in [-0.4, -0.2) is 36.1 Å². The third kappa shape index (κ3) is 5.01. The Morgan fingerprint density at radius 1 is 1.17 bits per heavy atom. The molecule has 0 bridgehead atoms. The summed E-state index contributed by atoms with van der Waals surface area (Å²) in [5.41, 5.74) is 0.581. The topological polar surface area (TPSA) is 120 Å². The minimum atomic E-state index is -1.12. The second-order valence-electron chi connectivity index (χ2n) is 6.64. The number of carbonyl (C=O) groups is 2. The summed E-state index contributed by atoms with van der Waals surface area (Å²) >= 11 is 0. The first kappa shape index (κ1) is 20.1. The van der Waals surface area contributed by atoms with Crippen LogP contribution >= 0.6 is 0 Å². The van der Waals surface area contributed by atoms with Crippen molar-refractivity contribution in [3.63, 3.8) is 0 Å². The number of anilines is 2. The van der Waals surface area contributed by atoms with E-state index in [0.29, 0.717) is 17.1 Å². The van der Waals surface area contributed by atoms with E-state index in [-0.39, 0.29) is 17.3 Å². The van der Waals surface area contributed by atoms with Gasteiger partial charge in [0.05, 0.1) is 23.3 Å². The van der Waals surface area contributed by atoms with Crippen molar-refractivity contribution >= 4 is 28.9 Å². The highest BCUT2D eigenvalue weighted by Gasteiger charge is 2.27. The molecule has 2 N–H and O–H groups in total. The minimum Gasteiger partial charge on any atom is -0.495 e. The van der Waals surface area contributed by atoms with Gasteiger partial charge in [-0.2, -0.15) is 0 Å². The molecule has 1 amide bonds. The third-order valence-corrected chi connectivity index (χ3v) is 4.38. The number of amides is 1. The van der Waals surface area contributed by atoms with Crippen LogP contribution in [0.15, 0.2) is 42.5 Å². The molecular formula is C20H21N3O6. The zero-order valence-electron chi connectivity index (χ0n) is 16.0. The van der Waals surface area contributed by atoms with Crippen molar-refractivity contribution in [2.45, 2.75) is 31.9 Å². The van der Waals surface area contributed by atoms with Crippen LogP contribution in [0.25, 0.3) is 0 Å². The first-order chi connectivity index (χ1) is 13.9. The molecule has 1 fully saturated rings. The largest absolute Gasteiger partial charge is 0.495 e. The second kappa shape index (κ2) is 8.59. The van der Waals surface area contributed by atoms with Gasteiger partial charge in [0.1, 0.15) is 11.4 Å². The SMILES string of the molecule is COc1ccccc1NC(=O)[C@H](C)OC(=O)c1ccc(NC2CC2)c([N+](=O)[O-])c1. The Hall–Kier alpha value is -3.62. The average molecular weight is 399 g/mol. The van der Waals surface area contributed by atoms with Gasteiger partial charge >= 0.3 is 5.97 Å². The Morgan fingerprint density at radius 2 is 1.90 bits per heavy atom. The highest BCUT2D eigenvalue weighted by molar-refractivity contribution is 5.98. The molecule has 2 aromatic carbocycles. The van der Waals surface area contributed by atoms with Crippen molar-refractivity contribution in [3.8, 4) is 5.75 Å². The summed E-state index contributed by atoms with van der Waals surface area (Å²) in [5.74, 6) is -0.910. The first-order valence-corrected chi connectivity index (χ1v) is 9.09. The number of nitro groups is 1. The molecule has 9 heteroatoms. The van der Waals surface area contributed by atoms with Crippen LogP contribution in [0, 0.1) is 10.1 Å².